The number of rotatable bonds is 4. The highest BCUT2D eigenvalue weighted by molar-refractivity contribution is 5.41. The van der Waals surface area contributed by atoms with Gasteiger partial charge in [0.05, 0.1) is 12.2 Å². The van der Waals surface area contributed by atoms with Gasteiger partial charge >= 0.3 is 0 Å². The van der Waals surface area contributed by atoms with Crippen LogP contribution in [0.15, 0.2) is 18.2 Å². The Bertz CT molecular complexity index is 480. The molecule has 1 atom stereocenters. The van der Waals surface area contributed by atoms with Gasteiger partial charge in [-0.1, -0.05) is 31.0 Å². The second kappa shape index (κ2) is 6.37. The number of ether oxygens (including phenoxy) is 2. The van der Waals surface area contributed by atoms with Crippen LogP contribution in [0.3, 0.4) is 0 Å². The number of benzene rings is 1. The van der Waals surface area contributed by atoms with Crippen molar-refractivity contribution in [2.24, 2.45) is 5.73 Å². The van der Waals surface area contributed by atoms with Crippen molar-refractivity contribution in [2.45, 2.75) is 63.6 Å². The third kappa shape index (κ3) is 3.24. The predicted molar refractivity (Wildman–Crippen MR) is 84.7 cm³/mol. The van der Waals surface area contributed by atoms with E-state index in [4.69, 9.17) is 15.2 Å². The fourth-order valence-electron chi connectivity index (χ4n) is 3.85. The van der Waals surface area contributed by atoms with Gasteiger partial charge in [-0.05, 0) is 43.9 Å². The van der Waals surface area contributed by atoms with Crippen molar-refractivity contribution in [3.63, 3.8) is 0 Å². The van der Waals surface area contributed by atoms with Crippen molar-refractivity contribution in [1.29, 1.82) is 0 Å². The van der Waals surface area contributed by atoms with Crippen LogP contribution in [-0.2, 0) is 11.2 Å². The molecule has 0 bridgehead atoms. The molecule has 0 radical (unpaired) electrons. The van der Waals surface area contributed by atoms with E-state index < -0.39 is 0 Å². The normalized spacial score (nSPS) is 24.4. The van der Waals surface area contributed by atoms with Crippen molar-refractivity contribution in [1.82, 2.24) is 0 Å². The predicted octanol–water partition coefficient (Wildman–Crippen LogP) is 3.37. The van der Waals surface area contributed by atoms with E-state index in [9.17, 15) is 0 Å². The van der Waals surface area contributed by atoms with Crippen LogP contribution in [0.4, 0.5) is 0 Å². The zero-order valence-corrected chi connectivity index (χ0v) is 13.1. The summed E-state index contributed by atoms with van der Waals surface area (Å²) in [5.74, 6) is 1.06. The molecule has 0 aromatic heterocycles. The Balaban J connectivity index is 1.74. The van der Waals surface area contributed by atoms with Crippen molar-refractivity contribution in [3.8, 4) is 5.75 Å². The van der Waals surface area contributed by atoms with E-state index in [0.717, 1.165) is 31.6 Å². The Labute approximate surface area is 127 Å². The summed E-state index contributed by atoms with van der Waals surface area (Å²) in [4.78, 5) is 0. The first-order valence-electron chi connectivity index (χ1n) is 8.32. The third-order valence-electron chi connectivity index (χ3n) is 4.95. The van der Waals surface area contributed by atoms with Gasteiger partial charge in [-0.25, -0.2) is 0 Å². The summed E-state index contributed by atoms with van der Waals surface area (Å²) < 4.78 is 12.5. The lowest BCUT2D eigenvalue weighted by Gasteiger charge is -2.38. The summed E-state index contributed by atoms with van der Waals surface area (Å²) in [7, 11) is 0. The molecule has 1 saturated carbocycles. The van der Waals surface area contributed by atoms with Crippen LogP contribution in [0.5, 0.6) is 5.75 Å². The van der Waals surface area contributed by atoms with E-state index in [1.165, 1.54) is 36.8 Å². The quantitative estimate of drug-likeness (QED) is 0.924. The second-order valence-electron chi connectivity index (χ2n) is 6.57. The van der Waals surface area contributed by atoms with Crippen molar-refractivity contribution >= 4 is 0 Å². The van der Waals surface area contributed by atoms with Gasteiger partial charge in [0.1, 0.15) is 11.9 Å². The zero-order valence-electron chi connectivity index (χ0n) is 13.1. The summed E-state index contributed by atoms with van der Waals surface area (Å²) in [6.07, 6.45) is 8.22. The number of para-hydroxylation sites is 1. The molecule has 1 spiro atoms. The molecule has 21 heavy (non-hydrogen) atoms. The average molecular weight is 289 g/mol. The smallest absolute Gasteiger partial charge is 0.125 e. The Morgan fingerprint density at radius 1 is 1.33 bits per heavy atom. The number of hydrogen-bond acceptors (Lipinski definition) is 3. The van der Waals surface area contributed by atoms with Crippen LogP contribution in [0.25, 0.3) is 0 Å². The molecule has 1 aliphatic carbocycles. The largest absolute Gasteiger partial charge is 0.490 e. The monoisotopic (exact) mass is 289 g/mol. The summed E-state index contributed by atoms with van der Waals surface area (Å²) in [5.41, 5.74) is 8.30. The van der Waals surface area contributed by atoms with Gasteiger partial charge in [0.25, 0.3) is 0 Å². The standard InChI is InChI=1S/C18H27NO2/c1-14-5-4-6-15(7-11-19)17(14)21-16-8-12-20-18(13-16)9-2-3-10-18/h4-6,16H,2-3,7-13,19H2,1H3. The first kappa shape index (κ1) is 14.9. The van der Waals surface area contributed by atoms with Crippen molar-refractivity contribution in [3.05, 3.63) is 29.3 Å². The lowest BCUT2D eigenvalue weighted by molar-refractivity contribution is -0.108. The first-order valence-corrected chi connectivity index (χ1v) is 8.32. The van der Waals surface area contributed by atoms with Gasteiger partial charge in [0.2, 0.25) is 0 Å². The van der Waals surface area contributed by atoms with Crippen LogP contribution in [-0.4, -0.2) is 24.9 Å². The lowest BCUT2D eigenvalue weighted by atomic mass is 9.90. The van der Waals surface area contributed by atoms with Crippen LogP contribution < -0.4 is 10.5 Å². The van der Waals surface area contributed by atoms with Gasteiger partial charge in [-0.15, -0.1) is 0 Å². The van der Waals surface area contributed by atoms with Crippen LogP contribution in [0, 0.1) is 6.92 Å². The van der Waals surface area contributed by atoms with E-state index in [-0.39, 0.29) is 11.7 Å². The summed E-state index contributed by atoms with van der Waals surface area (Å²) >= 11 is 0. The maximum Gasteiger partial charge on any atom is 0.125 e. The molecule has 3 nitrogen and oxygen atoms in total. The zero-order chi connectivity index (χ0) is 14.7. The topological polar surface area (TPSA) is 44.5 Å². The maximum absolute atomic E-state index is 6.42. The molecular formula is C18H27NO2. The SMILES string of the molecule is Cc1cccc(CCN)c1OC1CCOC2(CCCC2)C1. The fraction of sp³-hybridized carbons (Fsp3) is 0.667. The Hall–Kier alpha value is -1.06. The molecule has 2 fully saturated rings. The van der Waals surface area contributed by atoms with E-state index in [2.05, 4.69) is 25.1 Å². The second-order valence-corrected chi connectivity index (χ2v) is 6.57. The molecule has 1 saturated heterocycles. The fourth-order valence-corrected chi connectivity index (χ4v) is 3.85. The highest BCUT2D eigenvalue weighted by Crippen LogP contribution is 2.41. The molecule has 3 rings (SSSR count). The molecule has 3 heteroatoms. The molecule has 1 aromatic carbocycles. The van der Waals surface area contributed by atoms with Crippen molar-refractivity contribution < 1.29 is 9.47 Å². The van der Waals surface area contributed by atoms with Gasteiger partial charge in [-0.3, -0.25) is 0 Å². The highest BCUT2D eigenvalue weighted by atomic mass is 16.5. The van der Waals surface area contributed by atoms with E-state index in [1.807, 2.05) is 0 Å². The van der Waals surface area contributed by atoms with Crippen LogP contribution >= 0.6 is 0 Å². The van der Waals surface area contributed by atoms with Crippen molar-refractivity contribution in [2.75, 3.05) is 13.2 Å². The summed E-state index contributed by atoms with van der Waals surface area (Å²) in [5, 5.41) is 0. The summed E-state index contributed by atoms with van der Waals surface area (Å²) in [6.45, 7) is 3.63. The van der Waals surface area contributed by atoms with E-state index >= 15 is 0 Å². The molecule has 2 aliphatic rings. The Kier molecular flexibility index (Phi) is 4.51. The van der Waals surface area contributed by atoms with Crippen LogP contribution in [0.2, 0.25) is 0 Å². The average Bonchev–Trinajstić information content (AvgIpc) is 2.91. The maximum atomic E-state index is 6.42. The van der Waals surface area contributed by atoms with Gasteiger partial charge < -0.3 is 15.2 Å². The molecular weight excluding hydrogens is 262 g/mol. The van der Waals surface area contributed by atoms with E-state index in [0.29, 0.717) is 6.54 Å². The van der Waals surface area contributed by atoms with Gasteiger partial charge in [0.15, 0.2) is 0 Å². The lowest BCUT2D eigenvalue weighted by Crippen LogP contribution is -2.41. The van der Waals surface area contributed by atoms with E-state index in [1.54, 1.807) is 0 Å². The number of aryl methyl sites for hydroxylation is 1. The van der Waals surface area contributed by atoms with Crippen LogP contribution in [0.1, 0.15) is 49.7 Å². The minimum Gasteiger partial charge on any atom is -0.490 e. The minimum absolute atomic E-state index is 0.111. The Morgan fingerprint density at radius 2 is 2.14 bits per heavy atom. The number of hydrogen-bond donors (Lipinski definition) is 1. The molecule has 0 amide bonds. The molecule has 1 aliphatic heterocycles. The summed E-state index contributed by atoms with van der Waals surface area (Å²) in [6, 6.07) is 6.36. The first-order chi connectivity index (χ1) is 10.2. The van der Waals surface area contributed by atoms with Gasteiger partial charge in [-0.2, -0.15) is 0 Å². The Morgan fingerprint density at radius 3 is 2.90 bits per heavy atom. The van der Waals surface area contributed by atoms with Gasteiger partial charge in [0, 0.05) is 12.8 Å². The highest BCUT2D eigenvalue weighted by Gasteiger charge is 2.40. The molecule has 1 aromatic rings. The minimum atomic E-state index is 0.111. The number of nitrogens with two attached hydrogens (primary N) is 1. The molecule has 1 heterocycles. The molecule has 2 N–H and O–H groups in total. The molecule has 116 valence electrons. The molecule has 1 unspecified atom stereocenters. The third-order valence-corrected chi connectivity index (χ3v) is 4.95.